The first-order valence-electron chi connectivity index (χ1n) is 7.22. The van der Waals surface area contributed by atoms with Crippen LogP contribution in [0, 0.1) is 6.92 Å². The minimum atomic E-state index is -3.11. The number of carbonyl (C=O) groups excluding carboxylic acids is 1. The van der Waals surface area contributed by atoms with Gasteiger partial charge in [0.2, 0.25) is 10.0 Å². The molecule has 2 rings (SSSR count). The van der Waals surface area contributed by atoms with Crippen LogP contribution in [0.3, 0.4) is 0 Å². The molecule has 1 aliphatic heterocycles. The molecule has 6 heteroatoms. The van der Waals surface area contributed by atoms with Crippen LogP contribution in [0.4, 0.5) is 0 Å². The van der Waals surface area contributed by atoms with Crippen LogP contribution in [-0.4, -0.2) is 61.9 Å². The van der Waals surface area contributed by atoms with E-state index in [-0.39, 0.29) is 11.5 Å². The number of benzene rings is 1. The molecule has 1 fully saturated rings. The molecule has 5 nitrogen and oxygen atoms in total. The molecule has 0 aliphatic carbocycles. The second-order valence-electron chi connectivity index (χ2n) is 5.36. The Labute approximate surface area is 126 Å². The summed E-state index contributed by atoms with van der Waals surface area (Å²) in [7, 11) is -3.11. The Balaban J connectivity index is 1.89. The number of hydrogen-bond donors (Lipinski definition) is 0. The summed E-state index contributed by atoms with van der Waals surface area (Å²) < 4.78 is 25.1. The summed E-state index contributed by atoms with van der Waals surface area (Å²) >= 11 is 0. The molecule has 0 aromatic heterocycles. The number of nitrogens with zero attached hydrogens (tertiary/aromatic N) is 2. The Bertz CT molecular complexity index is 588. The van der Waals surface area contributed by atoms with Gasteiger partial charge in [-0.05, 0) is 13.8 Å². The number of aryl methyl sites for hydroxylation is 1. The zero-order valence-electron chi connectivity index (χ0n) is 12.6. The topological polar surface area (TPSA) is 57.7 Å². The largest absolute Gasteiger partial charge is 0.293 e. The van der Waals surface area contributed by atoms with Crippen molar-refractivity contribution in [2.24, 2.45) is 0 Å². The normalized spacial score (nSPS) is 17.8. The SMILES string of the molecule is CCS(=O)(=O)N1CCN(CC(=O)c2ccc(C)cc2)CC1. The maximum atomic E-state index is 12.2. The van der Waals surface area contributed by atoms with Crippen molar-refractivity contribution < 1.29 is 13.2 Å². The lowest BCUT2D eigenvalue weighted by Crippen LogP contribution is -2.50. The number of piperazine rings is 1. The number of hydrogen-bond acceptors (Lipinski definition) is 4. The average Bonchev–Trinajstić information content (AvgIpc) is 2.48. The van der Waals surface area contributed by atoms with Crippen LogP contribution < -0.4 is 0 Å². The number of rotatable bonds is 5. The zero-order valence-corrected chi connectivity index (χ0v) is 13.4. The highest BCUT2D eigenvalue weighted by Gasteiger charge is 2.26. The van der Waals surface area contributed by atoms with Crippen molar-refractivity contribution in [3.8, 4) is 0 Å². The van der Waals surface area contributed by atoms with Gasteiger partial charge in [0.1, 0.15) is 0 Å². The molecule has 0 spiro atoms. The molecular weight excluding hydrogens is 288 g/mol. The maximum absolute atomic E-state index is 12.2. The van der Waals surface area contributed by atoms with Crippen molar-refractivity contribution in [1.29, 1.82) is 0 Å². The highest BCUT2D eigenvalue weighted by Crippen LogP contribution is 2.10. The molecule has 21 heavy (non-hydrogen) atoms. The van der Waals surface area contributed by atoms with Crippen LogP contribution in [0.5, 0.6) is 0 Å². The van der Waals surface area contributed by atoms with E-state index in [0.29, 0.717) is 38.3 Å². The number of Topliss-reactive ketones (excluding diaryl/α,β-unsaturated/α-hetero) is 1. The Morgan fingerprint density at radius 1 is 1.10 bits per heavy atom. The van der Waals surface area contributed by atoms with Crippen molar-refractivity contribution >= 4 is 15.8 Å². The monoisotopic (exact) mass is 310 g/mol. The van der Waals surface area contributed by atoms with Crippen LogP contribution >= 0.6 is 0 Å². The van der Waals surface area contributed by atoms with E-state index in [0.717, 1.165) is 5.56 Å². The summed E-state index contributed by atoms with van der Waals surface area (Å²) in [6.07, 6.45) is 0. The Morgan fingerprint density at radius 2 is 1.67 bits per heavy atom. The Morgan fingerprint density at radius 3 is 2.19 bits per heavy atom. The second kappa shape index (κ2) is 6.68. The standard InChI is InChI=1S/C15H22N2O3S/c1-3-21(19,20)17-10-8-16(9-11-17)12-15(18)14-6-4-13(2)5-7-14/h4-7H,3,8-12H2,1-2H3. The predicted molar refractivity (Wildman–Crippen MR) is 83.0 cm³/mol. The van der Waals surface area contributed by atoms with Crippen LogP contribution in [0.15, 0.2) is 24.3 Å². The predicted octanol–water partition coefficient (Wildman–Crippen LogP) is 1.15. The summed E-state index contributed by atoms with van der Waals surface area (Å²) in [6, 6.07) is 7.54. The fourth-order valence-corrected chi connectivity index (χ4v) is 3.47. The van der Waals surface area contributed by atoms with Gasteiger partial charge in [0, 0.05) is 31.7 Å². The minimum Gasteiger partial charge on any atom is -0.293 e. The van der Waals surface area contributed by atoms with E-state index < -0.39 is 10.0 Å². The van der Waals surface area contributed by atoms with Crippen LogP contribution in [0.2, 0.25) is 0 Å². The number of ketones is 1. The molecule has 0 bridgehead atoms. The molecule has 0 amide bonds. The first kappa shape index (κ1) is 16.1. The third-order valence-electron chi connectivity index (χ3n) is 3.83. The van der Waals surface area contributed by atoms with Crippen LogP contribution in [0.1, 0.15) is 22.8 Å². The molecule has 0 N–H and O–H groups in total. The van der Waals surface area contributed by atoms with Gasteiger partial charge in [0.15, 0.2) is 5.78 Å². The van der Waals surface area contributed by atoms with Gasteiger partial charge in [-0.2, -0.15) is 4.31 Å². The molecule has 0 radical (unpaired) electrons. The van der Waals surface area contributed by atoms with Gasteiger partial charge >= 0.3 is 0 Å². The third kappa shape index (κ3) is 4.12. The van der Waals surface area contributed by atoms with E-state index in [9.17, 15) is 13.2 Å². The second-order valence-corrected chi connectivity index (χ2v) is 7.62. The summed E-state index contributed by atoms with van der Waals surface area (Å²) in [5, 5.41) is 0. The highest BCUT2D eigenvalue weighted by atomic mass is 32.2. The first-order chi connectivity index (χ1) is 9.92. The summed E-state index contributed by atoms with van der Waals surface area (Å²) in [6.45, 7) is 6.15. The lowest BCUT2D eigenvalue weighted by Gasteiger charge is -2.33. The summed E-state index contributed by atoms with van der Waals surface area (Å²) in [5.74, 6) is 0.219. The van der Waals surface area contributed by atoms with Crippen LogP contribution in [-0.2, 0) is 10.0 Å². The van der Waals surface area contributed by atoms with Gasteiger partial charge in [-0.25, -0.2) is 8.42 Å². The summed E-state index contributed by atoms with van der Waals surface area (Å²) in [4.78, 5) is 14.2. The van der Waals surface area contributed by atoms with Gasteiger partial charge in [-0.15, -0.1) is 0 Å². The van der Waals surface area contributed by atoms with Crippen molar-refractivity contribution in [2.75, 3.05) is 38.5 Å². The Hall–Kier alpha value is -1.24. The van der Waals surface area contributed by atoms with Gasteiger partial charge < -0.3 is 0 Å². The highest BCUT2D eigenvalue weighted by molar-refractivity contribution is 7.89. The lowest BCUT2D eigenvalue weighted by molar-refractivity contribution is 0.0902. The zero-order chi connectivity index (χ0) is 15.5. The molecule has 116 valence electrons. The minimum absolute atomic E-state index is 0.0850. The van der Waals surface area contributed by atoms with Gasteiger partial charge in [0.05, 0.1) is 12.3 Å². The lowest BCUT2D eigenvalue weighted by atomic mass is 10.1. The molecule has 1 saturated heterocycles. The summed E-state index contributed by atoms with van der Waals surface area (Å²) in [5.41, 5.74) is 1.84. The number of sulfonamides is 1. The van der Waals surface area contributed by atoms with E-state index in [4.69, 9.17) is 0 Å². The maximum Gasteiger partial charge on any atom is 0.213 e. The van der Waals surface area contributed by atoms with E-state index >= 15 is 0 Å². The smallest absolute Gasteiger partial charge is 0.213 e. The fraction of sp³-hybridized carbons (Fsp3) is 0.533. The third-order valence-corrected chi connectivity index (χ3v) is 5.71. The van der Waals surface area contributed by atoms with E-state index in [1.165, 1.54) is 4.31 Å². The van der Waals surface area contributed by atoms with E-state index in [1.807, 2.05) is 36.1 Å². The molecule has 0 atom stereocenters. The van der Waals surface area contributed by atoms with Crippen molar-refractivity contribution in [3.05, 3.63) is 35.4 Å². The average molecular weight is 310 g/mol. The van der Waals surface area contributed by atoms with Crippen LogP contribution in [0.25, 0.3) is 0 Å². The quantitative estimate of drug-likeness (QED) is 0.766. The Kier molecular flexibility index (Phi) is 5.13. The molecule has 1 aromatic rings. The van der Waals surface area contributed by atoms with Gasteiger partial charge in [-0.1, -0.05) is 29.8 Å². The molecular formula is C15H22N2O3S. The van der Waals surface area contributed by atoms with E-state index in [1.54, 1.807) is 6.92 Å². The molecule has 1 heterocycles. The number of carbonyl (C=O) groups is 1. The van der Waals surface area contributed by atoms with Gasteiger partial charge in [0.25, 0.3) is 0 Å². The van der Waals surface area contributed by atoms with E-state index in [2.05, 4.69) is 0 Å². The van der Waals surface area contributed by atoms with Crippen molar-refractivity contribution in [2.45, 2.75) is 13.8 Å². The van der Waals surface area contributed by atoms with Crippen molar-refractivity contribution in [3.63, 3.8) is 0 Å². The molecule has 1 aromatic carbocycles. The first-order valence-corrected chi connectivity index (χ1v) is 8.83. The molecule has 0 unspecified atom stereocenters. The van der Waals surface area contributed by atoms with Gasteiger partial charge in [-0.3, -0.25) is 9.69 Å². The fourth-order valence-electron chi connectivity index (χ4n) is 2.38. The molecule has 1 aliphatic rings. The van der Waals surface area contributed by atoms with Crippen molar-refractivity contribution in [1.82, 2.24) is 9.21 Å². The molecule has 0 saturated carbocycles.